The van der Waals surface area contributed by atoms with Crippen molar-refractivity contribution in [2.24, 2.45) is 0 Å². The number of nitrogens with zero attached hydrogens (tertiary/aromatic N) is 1. The summed E-state index contributed by atoms with van der Waals surface area (Å²) in [4.78, 5) is 2.40. The van der Waals surface area contributed by atoms with Crippen molar-refractivity contribution in [1.82, 2.24) is 0 Å². The first kappa shape index (κ1) is 29.5. The minimum absolute atomic E-state index is 0.413. The van der Waals surface area contributed by atoms with Crippen LogP contribution in [0.3, 0.4) is 0 Å². The summed E-state index contributed by atoms with van der Waals surface area (Å²) in [7, 11) is 6.07. The van der Waals surface area contributed by atoms with E-state index < -0.39 is 5.41 Å². The van der Waals surface area contributed by atoms with E-state index in [9.17, 15) is 0 Å². The third-order valence-electron chi connectivity index (χ3n) is 10.8. The molecule has 51 heavy (non-hydrogen) atoms. The summed E-state index contributed by atoms with van der Waals surface area (Å²) in [5, 5.41) is 0. The van der Waals surface area contributed by atoms with Gasteiger partial charge in [-0.1, -0.05) is 163 Å². The summed E-state index contributed by atoms with van der Waals surface area (Å²) < 4.78 is 0. The Hall–Kier alpha value is -6.38. The van der Waals surface area contributed by atoms with Gasteiger partial charge in [-0.2, -0.15) is 0 Å². The molecule has 0 atom stereocenters. The van der Waals surface area contributed by atoms with Gasteiger partial charge < -0.3 is 4.90 Å². The van der Waals surface area contributed by atoms with Gasteiger partial charge >= 0.3 is 0 Å². The van der Waals surface area contributed by atoms with E-state index in [1.54, 1.807) is 0 Å². The molecule has 1 nitrogen and oxygen atoms in total. The molecule has 0 amide bonds. The van der Waals surface area contributed by atoms with E-state index in [1.165, 1.54) is 55.6 Å². The fourth-order valence-electron chi connectivity index (χ4n) is 8.60. The van der Waals surface area contributed by atoms with Crippen LogP contribution in [0.4, 0.5) is 17.1 Å². The van der Waals surface area contributed by atoms with E-state index in [-0.39, 0.29) is 0 Å². The molecular weight excluding hydrogens is 613 g/mol. The Bertz CT molecular complexity index is 2520. The topological polar surface area (TPSA) is 3.24 Å². The Morgan fingerprint density at radius 2 is 0.765 bits per heavy atom. The Kier molecular flexibility index (Phi) is 6.72. The number of rotatable bonds is 5. The molecule has 0 heterocycles. The van der Waals surface area contributed by atoms with Crippen LogP contribution in [0.15, 0.2) is 194 Å². The lowest BCUT2D eigenvalue weighted by Gasteiger charge is -2.32. The summed E-state index contributed by atoms with van der Waals surface area (Å²) >= 11 is 0. The highest BCUT2D eigenvalue weighted by atomic mass is 15.1. The second kappa shape index (κ2) is 11.6. The SMILES string of the molecule is [B]c1ccc(-c2cccc(N(c3ccc(-c4ccccc4)cc3)c3ccc4c(c3)C3(c5ccccc5-c5ccccc53)c3ccccc3-4)c2)cc1. The number of anilines is 3. The monoisotopic (exact) mass is 645 g/mol. The van der Waals surface area contributed by atoms with E-state index in [1.807, 2.05) is 12.1 Å². The van der Waals surface area contributed by atoms with Crippen LogP contribution in [-0.2, 0) is 5.41 Å². The lowest BCUT2D eigenvalue weighted by Crippen LogP contribution is -2.26. The van der Waals surface area contributed by atoms with Crippen LogP contribution >= 0.6 is 0 Å². The third kappa shape index (κ3) is 4.50. The molecule has 0 N–H and O–H groups in total. The van der Waals surface area contributed by atoms with Gasteiger partial charge in [-0.05, 0) is 103 Å². The van der Waals surface area contributed by atoms with Crippen molar-refractivity contribution in [2.75, 3.05) is 4.90 Å². The summed E-state index contributed by atoms with van der Waals surface area (Å²) in [5.74, 6) is 0. The zero-order valence-corrected chi connectivity index (χ0v) is 28.0. The lowest BCUT2D eigenvalue weighted by atomic mass is 9.70. The summed E-state index contributed by atoms with van der Waals surface area (Å²) in [6, 6.07) is 70.6. The number of hydrogen-bond acceptors (Lipinski definition) is 1. The molecule has 1 spiro atoms. The minimum Gasteiger partial charge on any atom is -0.310 e. The van der Waals surface area contributed by atoms with Crippen LogP contribution in [0.2, 0.25) is 0 Å². The van der Waals surface area contributed by atoms with Gasteiger partial charge in [0.1, 0.15) is 7.85 Å². The van der Waals surface area contributed by atoms with Gasteiger partial charge in [0.15, 0.2) is 0 Å². The number of benzene rings is 8. The number of fused-ring (bicyclic) bond motifs is 10. The second-order valence-electron chi connectivity index (χ2n) is 13.5. The van der Waals surface area contributed by atoms with Gasteiger partial charge in [-0.3, -0.25) is 0 Å². The molecule has 0 aliphatic heterocycles. The van der Waals surface area contributed by atoms with Crippen molar-refractivity contribution in [1.29, 1.82) is 0 Å². The highest BCUT2D eigenvalue weighted by molar-refractivity contribution is 6.32. The van der Waals surface area contributed by atoms with E-state index in [0.29, 0.717) is 0 Å². The molecule has 236 valence electrons. The van der Waals surface area contributed by atoms with Crippen molar-refractivity contribution < 1.29 is 0 Å². The Morgan fingerprint density at radius 1 is 0.314 bits per heavy atom. The molecule has 0 bridgehead atoms. The highest BCUT2D eigenvalue weighted by Gasteiger charge is 2.51. The van der Waals surface area contributed by atoms with Gasteiger partial charge in [-0.15, -0.1) is 0 Å². The molecular formula is C49H32BN. The zero-order chi connectivity index (χ0) is 33.9. The predicted molar refractivity (Wildman–Crippen MR) is 214 cm³/mol. The fraction of sp³-hybridized carbons (Fsp3) is 0.0204. The lowest BCUT2D eigenvalue weighted by molar-refractivity contribution is 0.793. The summed E-state index contributed by atoms with van der Waals surface area (Å²) in [5.41, 5.74) is 18.9. The van der Waals surface area contributed by atoms with Crippen LogP contribution in [0.5, 0.6) is 0 Å². The van der Waals surface area contributed by atoms with Gasteiger partial charge in [0.25, 0.3) is 0 Å². The van der Waals surface area contributed by atoms with Crippen molar-refractivity contribution in [3.05, 3.63) is 216 Å². The maximum absolute atomic E-state index is 6.07. The summed E-state index contributed by atoms with van der Waals surface area (Å²) in [6.07, 6.45) is 0. The standard InChI is InChI=1S/C49H32BN/c50-37-25-21-35(22-26-37)36-13-10-14-39(31-36)51(38-27-23-34(24-28-38)33-11-2-1-3-12-33)40-29-30-44-43-17-6-9-20-47(43)49(48(44)32-40)45-18-7-4-15-41(45)42-16-5-8-19-46(42)49/h1-32H. The van der Waals surface area contributed by atoms with Gasteiger partial charge in [0.2, 0.25) is 0 Å². The first-order chi connectivity index (χ1) is 25.2. The largest absolute Gasteiger partial charge is 0.310 e. The van der Waals surface area contributed by atoms with E-state index in [4.69, 9.17) is 7.85 Å². The first-order valence-corrected chi connectivity index (χ1v) is 17.6. The number of hydrogen-bond donors (Lipinski definition) is 0. The maximum Gasteiger partial charge on any atom is 0.113 e. The third-order valence-corrected chi connectivity index (χ3v) is 10.8. The average Bonchev–Trinajstić information content (AvgIpc) is 3.66. The molecule has 2 heteroatoms. The molecule has 2 aliphatic rings. The minimum atomic E-state index is -0.413. The van der Waals surface area contributed by atoms with Crippen LogP contribution in [0.1, 0.15) is 22.3 Å². The molecule has 0 aromatic heterocycles. The van der Waals surface area contributed by atoms with Gasteiger partial charge in [0, 0.05) is 17.1 Å². The van der Waals surface area contributed by atoms with E-state index in [2.05, 4.69) is 187 Å². The fourth-order valence-corrected chi connectivity index (χ4v) is 8.60. The average molecular weight is 646 g/mol. The van der Waals surface area contributed by atoms with Crippen LogP contribution in [0, 0.1) is 0 Å². The van der Waals surface area contributed by atoms with Crippen molar-refractivity contribution in [3.63, 3.8) is 0 Å². The quantitative estimate of drug-likeness (QED) is 0.168. The molecule has 0 saturated heterocycles. The molecule has 8 aromatic carbocycles. The Morgan fingerprint density at radius 3 is 1.39 bits per heavy atom. The van der Waals surface area contributed by atoms with Crippen LogP contribution in [-0.4, -0.2) is 7.85 Å². The van der Waals surface area contributed by atoms with E-state index >= 15 is 0 Å². The second-order valence-corrected chi connectivity index (χ2v) is 13.5. The molecule has 8 aromatic rings. The van der Waals surface area contributed by atoms with E-state index in [0.717, 1.165) is 33.7 Å². The highest BCUT2D eigenvalue weighted by Crippen LogP contribution is 2.63. The molecule has 0 fully saturated rings. The Balaban J connectivity index is 1.20. The van der Waals surface area contributed by atoms with Gasteiger partial charge in [-0.25, -0.2) is 0 Å². The molecule has 2 aliphatic carbocycles. The van der Waals surface area contributed by atoms with Gasteiger partial charge in [0.05, 0.1) is 5.41 Å². The molecule has 0 saturated carbocycles. The first-order valence-electron chi connectivity index (χ1n) is 17.6. The van der Waals surface area contributed by atoms with Crippen LogP contribution in [0.25, 0.3) is 44.5 Å². The Labute approximate surface area is 300 Å². The smallest absolute Gasteiger partial charge is 0.113 e. The maximum atomic E-state index is 6.07. The zero-order valence-electron chi connectivity index (χ0n) is 28.0. The predicted octanol–water partition coefficient (Wildman–Crippen LogP) is 11.6. The van der Waals surface area contributed by atoms with Crippen molar-refractivity contribution >= 4 is 30.4 Å². The van der Waals surface area contributed by atoms with Crippen LogP contribution < -0.4 is 10.4 Å². The van der Waals surface area contributed by atoms with Crippen molar-refractivity contribution in [2.45, 2.75) is 5.41 Å². The molecule has 2 radical (unpaired) electrons. The molecule has 10 rings (SSSR count). The normalized spacial score (nSPS) is 12.9. The summed E-state index contributed by atoms with van der Waals surface area (Å²) in [6.45, 7) is 0. The molecule has 0 unspecified atom stereocenters. The van der Waals surface area contributed by atoms with Crippen molar-refractivity contribution in [3.8, 4) is 44.5 Å².